The molecular weight excluding hydrogens is 348 g/mol. The molecule has 2 saturated heterocycles. The van der Waals surface area contributed by atoms with Crippen molar-refractivity contribution in [3.05, 3.63) is 35.2 Å². The highest BCUT2D eigenvalue weighted by atomic mass is 15.3. The van der Waals surface area contributed by atoms with Crippen LogP contribution in [0.4, 0.5) is 11.6 Å². The summed E-state index contributed by atoms with van der Waals surface area (Å²) in [4.78, 5) is 23.6. The summed E-state index contributed by atoms with van der Waals surface area (Å²) in [6.45, 7) is 13.0. The monoisotopic (exact) mass is 378 g/mol. The Kier molecular flexibility index (Phi) is 4.07. The normalized spacial score (nSPS) is 24.0. The number of anilines is 2. The van der Waals surface area contributed by atoms with E-state index in [1.54, 1.807) is 6.33 Å². The van der Waals surface area contributed by atoms with Gasteiger partial charge in [-0.3, -0.25) is 0 Å². The molecule has 2 aliphatic heterocycles. The lowest BCUT2D eigenvalue weighted by Gasteiger charge is -2.25. The van der Waals surface area contributed by atoms with Crippen LogP contribution >= 0.6 is 0 Å². The second-order valence-corrected chi connectivity index (χ2v) is 9.71. The summed E-state index contributed by atoms with van der Waals surface area (Å²) in [7, 11) is 0. The highest BCUT2D eigenvalue weighted by Crippen LogP contribution is 2.38. The third-order valence-electron chi connectivity index (χ3n) is 6.55. The summed E-state index contributed by atoms with van der Waals surface area (Å²) < 4.78 is 0. The van der Waals surface area contributed by atoms with Crippen LogP contribution in [0.5, 0.6) is 0 Å². The maximum atomic E-state index is 4.85. The molecular formula is C22H30N6. The third kappa shape index (κ3) is 3.03. The molecule has 3 aliphatic rings. The Morgan fingerprint density at radius 2 is 1.64 bits per heavy atom. The lowest BCUT2D eigenvalue weighted by molar-refractivity contribution is 0.533. The molecule has 6 nitrogen and oxygen atoms in total. The van der Waals surface area contributed by atoms with Crippen LogP contribution in [0, 0.1) is 18.8 Å². The third-order valence-corrected chi connectivity index (χ3v) is 6.55. The minimum absolute atomic E-state index is 0.0509. The Hall–Kier alpha value is -2.24. The number of nitrogens with zero attached hydrogens (tertiary/aromatic N) is 6. The number of hydrogen-bond donors (Lipinski definition) is 0. The molecule has 2 aromatic rings. The van der Waals surface area contributed by atoms with Crippen molar-refractivity contribution >= 4 is 11.6 Å². The Morgan fingerprint density at radius 3 is 2.36 bits per heavy atom. The summed E-state index contributed by atoms with van der Waals surface area (Å²) in [5.41, 5.74) is 3.86. The van der Waals surface area contributed by atoms with E-state index in [-0.39, 0.29) is 5.41 Å². The van der Waals surface area contributed by atoms with Crippen LogP contribution in [0.15, 0.2) is 12.4 Å². The molecule has 0 N–H and O–H groups in total. The molecule has 0 aromatic carbocycles. The molecule has 5 rings (SSSR count). The van der Waals surface area contributed by atoms with Crippen molar-refractivity contribution < 1.29 is 0 Å². The molecule has 2 fully saturated rings. The average Bonchev–Trinajstić information content (AvgIpc) is 3.34. The van der Waals surface area contributed by atoms with Crippen LogP contribution in [-0.2, 0) is 18.3 Å². The average molecular weight is 379 g/mol. The molecule has 4 heterocycles. The zero-order valence-corrected chi connectivity index (χ0v) is 17.4. The predicted molar refractivity (Wildman–Crippen MR) is 111 cm³/mol. The second-order valence-electron chi connectivity index (χ2n) is 9.71. The van der Waals surface area contributed by atoms with E-state index in [1.807, 2.05) is 6.92 Å². The lowest BCUT2D eigenvalue weighted by Crippen LogP contribution is -2.30. The van der Waals surface area contributed by atoms with Gasteiger partial charge in [-0.05, 0) is 26.2 Å². The molecule has 0 amide bonds. The standard InChI is InChI=1S/C22H30N6/c1-14-25-18-7-5-6-17(18)21(26-14)28-11-15-9-27(10-16(15)12-28)20-8-19(22(2,3)4)23-13-24-20/h8,13,15-16H,5-7,9-12H2,1-4H3. The van der Waals surface area contributed by atoms with Gasteiger partial charge in [0.15, 0.2) is 0 Å². The van der Waals surface area contributed by atoms with Gasteiger partial charge in [0.25, 0.3) is 0 Å². The van der Waals surface area contributed by atoms with E-state index in [0.717, 1.165) is 56.4 Å². The van der Waals surface area contributed by atoms with Crippen molar-refractivity contribution in [2.45, 2.75) is 52.4 Å². The van der Waals surface area contributed by atoms with Crippen LogP contribution in [0.2, 0.25) is 0 Å². The predicted octanol–water partition coefficient (Wildman–Crippen LogP) is 2.93. The minimum atomic E-state index is 0.0509. The molecule has 28 heavy (non-hydrogen) atoms. The van der Waals surface area contributed by atoms with Crippen LogP contribution in [0.1, 0.15) is 50.0 Å². The van der Waals surface area contributed by atoms with E-state index in [0.29, 0.717) is 11.8 Å². The van der Waals surface area contributed by atoms with Gasteiger partial charge in [-0.2, -0.15) is 0 Å². The largest absolute Gasteiger partial charge is 0.356 e. The maximum absolute atomic E-state index is 4.85. The molecule has 2 unspecified atom stereocenters. The van der Waals surface area contributed by atoms with Crippen molar-refractivity contribution in [2.75, 3.05) is 36.0 Å². The van der Waals surface area contributed by atoms with Crippen molar-refractivity contribution in [3.63, 3.8) is 0 Å². The van der Waals surface area contributed by atoms with Crippen molar-refractivity contribution in [1.82, 2.24) is 19.9 Å². The van der Waals surface area contributed by atoms with Gasteiger partial charge in [0.1, 0.15) is 23.8 Å². The molecule has 148 valence electrons. The van der Waals surface area contributed by atoms with E-state index in [2.05, 4.69) is 51.6 Å². The Morgan fingerprint density at radius 1 is 0.929 bits per heavy atom. The van der Waals surface area contributed by atoms with Gasteiger partial charge in [-0.25, -0.2) is 19.9 Å². The van der Waals surface area contributed by atoms with Crippen molar-refractivity contribution in [3.8, 4) is 0 Å². The first-order chi connectivity index (χ1) is 13.4. The summed E-state index contributed by atoms with van der Waals surface area (Å²) in [5.74, 6) is 4.59. The van der Waals surface area contributed by atoms with Gasteiger partial charge in [0.05, 0.1) is 5.69 Å². The number of fused-ring (bicyclic) bond motifs is 2. The van der Waals surface area contributed by atoms with Crippen LogP contribution < -0.4 is 9.80 Å². The van der Waals surface area contributed by atoms with E-state index in [9.17, 15) is 0 Å². The van der Waals surface area contributed by atoms with Gasteiger partial charge < -0.3 is 9.80 Å². The lowest BCUT2D eigenvalue weighted by atomic mass is 9.92. The molecule has 1 aliphatic carbocycles. The van der Waals surface area contributed by atoms with Gasteiger partial charge in [-0.1, -0.05) is 20.8 Å². The van der Waals surface area contributed by atoms with E-state index >= 15 is 0 Å². The maximum Gasteiger partial charge on any atom is 0.135 e. The summed E-state index contributed by atoms with van der Waals surface area (Å²) in [5, 5.41) is 0. The van der Waals surface area contributed by atoms with Gasteiger partial charge in [0.2, 0.25) is 0 Å². The highest BCUT2D eigenvalue weighted by molar-refractivity contribution is 5.53. The first-order valence-corrected chi connectivity index (χ1v) is 10.6. The zero-order chi connectivity index (χ0) is 19.5. The molecule has 0 radical (unpaired) electrons. The fourth-order valence-electron chi connectivity index (χ4n) is 5.08. The summed E-state index contributed by atoms with van der Waals surface area (Å²) >= 11 is 0. The topological polar surface area (TPSA) is 58.0 Å². The smallest absolute Gasteiger partial charge is 0.135 e. The van der Waals surface area contributed by atoms with Crippen LogP contribution in [-0.4, -0.2) is 46.1 Å². The van der Waals surface area contributed by atoms with Crippen molar-refractivity contribution in [2.24, 2.45) is 11.8 Å². The molecule has 2 aromatic heterocycles. The Bertz CT molecular complexity index is 888. The van der Waals surface area contributed by atoms with Gasteiger partial charge in [-0.15, -0.1) is 0 Å². The minimum Gasteiger partial charge on any atom is -0.356 e. The van der Waals surface area contributed by atoms with Gasteiger partial charge >= 0.3 is 0 Å². The Balaban J connectivity index is 1.33. The fourth-order valence-corrected chi connectivity index (χ4v) is 5.08. The Labute approximate surface area is 167 Å². The molecule has 0 saturated carbocycles. The van der Waals surface area contributed by atoms with E-state index in [4.69, 9.17) is 4.98 Å². The first kappa shape index (κ1) is 17.8. The number of hydrogen-bond acceptors (Lipinski definition) is 6. The molecule has 2 atom stereocenters. The summed E-state index contributed by atoms with van der Waals surface area (Å²) in [6.07, 6.45) is 5.20. The van der Waals surface area contributed by atoms with Crippen LogP contribution in [0.25, 0.3) is 0 Å². The van der Waals surface area contributed by atoms with Gasteiger partial charge in [0, 0.05) is 60.8 Å². The highest BCUT2D eigenvalue weighted by Gasteiger charge is 2.42. The van der Waals surface area contributed by atoms with E-state index < -0.39 is 0 Å². The van der Waals surface area contributed by atoms with E-state index in [1.165, 1.54) is 23.5 Å². The molecule has 0 bridgehead atoms. The molecule has 6 heteroatoms. The first-order valence-electron chi connectivity index (χ1n) is 10.6. The quantitative estimate of drug-likeness (QED) is 0.801. The zero-order valence-electron chi connectivity index (χ0n) is 17.4. The number of aromatic nitrogens is 4. The summed E-state index contributed by atoms with van der Waals surface area (Å²) in [6, 6.07) is 2.18. The number of aryl methyl sites for hydroxylation is 2. The molecule has 0 spiro atoms. The SMILES string of the molecule is Cc1nc2c(c(N3CC4CN(c5cc(C(C)(C)C)ncn5)CC4C3)n1)CCC2. The fraction of sp³-hybridized carbons (Fsp3) is 0.636. The van der Waals surface area contributed by atoms with Crippen LogP contribution in [0.3, 0.4) is 0 Å². The second kappa shape index (κ2) is 6.39. The number of rotatable bonds is 2. The van der Waals surface area contributed by atoms with Crippen molar-refractivity contribution in [1.29, 1.82) is 0 Å².